The number of hydrogen-bond acceptors (Lipinski definition) is 7. The van der Waals surface area contributed by atoms with Crippen LogP contribution in [-0.2, 0) is 25.7 Å². The second-order valence-corrected chi connectivity index (χ2v) is 8.84. The lowest BCUT2D eigenvalue weighted by Crippen LogP contribution is -2.45. The number of carbonyl (C=O) groups excluding carboxylic acids is 3. The van der Waals surface area contributed by atoms with Gasteiger partial charge in [0.15, 0.2) is 5.78 Å². The zero-order valence-corrected chi connectivity index (χ0v) is 19.6. The number of ether oxygens (including phenoxy) is 1. The zero-order chi connectivity index (χ0) is 24.1. The van der Waals surface area contributed by atoms with Gasteiger partial charge in [-0.3, -0.25) is 23.9 Å². The highest BCUT2D eigenvalue weighted by Crippen LogP contribution is 2.43. The lowest BCUT2D eigenvalue weighted by molar-refractivity contribution is -0.152. The number of rotatable bonds is 6. The van der Waals surface area contributed by atoms with E-state index in [4.69, 9.17) is 14.6 Å². The van der Waals surface area contributed by atoms with Crippen molar-refractivity contribution in [1.29, 1.82) is 0 Å². The van der Waals surface area contributed by atoms with E-state index in [1.807, 2.05) is 37.7 Å². The van der Waals surface area contributed by atoms with Crippen LogP contribution in [0.4, 0.5) is 0 Å². The van der Waals surface area contributed by atoms with E-state index >= 15 is 0 Å². The molecule has 1 amide bonds. The van der Waals surface area contributed by atoms with E-state index in [1.165, 1.54) is 6.92 Å². The quantitative estimate of drug-likeness (QED) is 0.391. The average Bonchev–Trinajstić information content (AvgIpc) is 3.15. The third kappa shape index (κ3) is 5.73. The Bertz CT molecular complexity index is 855. The van der Waals surface area contributed by atoms with Gasteiger partial charge < -0.3 is 19.6 Å². The van der Waals surface area contributed by atoms with Gasteiger partial charge in [-0.2, -0.15) is 5.10 Å². The molecule has 1 aromatic heterocycles. The van der Waals surface area contributed by atoms with E-state index in [9.17, 15) is 14.4 Å². The Labute approximate surface area is 188 Å². The molecule has 0 saturated carbocycles. The van der Waals surface area contributed by atoms with Gasteiger partial charge in [-0.1, -0.05) is 0 Å². The lowest BCUT2D eigenvalue weighted by atomic mass is 9.76. The van der Waals surface area contributed by atoms with Gasteiger partial charge in [0.25, 0.3) is 6.47 Å². The molecule has 2 fully saturated rings. The normalized spacial score (nSPS) is 19.5. The maximum absolute atomic E-state index is 12.7. The van der Waals surface area contributed by atoms with Crippen molar-refractivity contribution in [3.63, 3.8) is 0 Å². The Kier molecular flexibility index (Phi) is 8.54. The van der Waals surface area contributed by atoms with Gasteiger partial charge >= 0.3 is 5.97 Å². The number of cyclic esters (lactones) is 1. The van der Waals surface area contributed by atoms with Crippen LogP contribution in [0.2, 0.25) is 0 Å². The summed E-state index contributed by atoms with van der Waals surface area (Å²) in [6, 6.07) is 0. The van der Waals surface area contributed by atoms with Crippen molar-refractivity contribution in [1.82, 2.24) is 19.6 Å². The molecule has 3 rings (SSSR count). The first-order valence-corrected chi connectivity index (χ1v) is 10.8. The molecule has 2 saturated heterocycles. The first-order chi connectivity index (χ1) is 15.0. The highest BCUT2D eigenvalue weighted by Gasteiger charge is 2.50. The van der Waals surface area contributed by atoms with Crippen molar-refractivity contribution in [2.45, 2.75) is 59.1 Å². The summed E-state index contributed by atoms with van der Waals surface area (Å²) in [6.07, 6.45) is 2.35. The first-order valence-electron chi connectivity index (χ1n) is 10.8. The van der Waals surface area contributed by atoms with Crippen molar-refractivity contribution in [3.8, 4) is 0 Å². The van der Waals surface area contributed by atoms with Crippen LogP contribution in [0.15, 0.2) is 0 Å². The number of likely N-dealkylation sites (tertiary alicyclic amines) is 1. The van der Waals surface area contributed by atoms with Gasteiger partial charge in [-0.05, 0) is 47.7 Å². The number of hydrogen-bond donors (Lipinski definition) is 1. The molecule has 1 N–H and O–H groups in total. The lowest BCUT2D eigenvalue weighted by Gasteiger charge is -2.36. The van der Waals surface area contributed by atoms with Gasteiger partial charge in [-0.25, -0.2) is 0 Å². The summed E-state index contributed by atoms with van der Waals surface area (Å²) in [4.78, 5) is 49.2. The monoisotopic (exact) mass is 450 g/mol. The number of piperidine rings is 1. The van der Waals surface area contributed by atoms with Crippen molar-refractivity contribution < 1.29 is 29.0 Å². The number of ketones is 1. The first kappa shape index (κ1) is 25.5. The van der Waals surface area contributed by atoms with Crippen molar-refractivity contribution >= 4 is 24.1 Å². The van der Waals surface area contributed by atoms with Crippen LogP contribution in [0.1, 0.15) is 54.4 Å². The molecule has 0 bridgehead atoms. The average molecular weight is 451 g/mol. The molecule has 3 heterocycles. The summed E-state index contributed by atoms with van der Waals surface area (Å²) in [5.74, 6) is -0.0428. The topological polar surface area (TPSA) is 122 Å². The molecule has 2 aliphatic rings. The van der Waals surface area contributed by atoms with Gasteiger partial charge in [0, 0.05) is 44.7 Å². The third-order valence-electron chi connectivity index (χ3n) is 6.24. The maximum atomic E-state index is 12.7. The number of carboxylic acid groups (broad SMARTS) is 1. The minimum absolute atomic E-state index is 0.00470. The molecule has 0 aromatic carbocycles. The molecule has 1 atom stereocenters. The van der Waals surface area contributed by atoms with Gasteiger partial charge in [0.1, 0.15) is 6.10 Å². The van der Waals surface area contributed by atoms with E-state index < -0.39 is 5.41 Å². The summed E-state index contributed by atoms with van der Waals surface area (Å²) in [7, 11) is 3.95. The molecular formula is C22H34N4O6. The predicted molar refractivity (Wildman–Crippen MR) is 116 cm³/mol. The Morgan fingerprint density at radius 1 is 1.28 bits per heavy atom. The van der Waals surface area contributed by atoms with Crippen molar-refractivity contribution in [3.05, 3.63) is 17.0 Å². The fraction of sp³-hybridized carbons (Fsp3) is 0.682. The van der Waals surface area contributed by atoms with Crippen LogP contribution >= 0.6 is 0 Å². The van der Waals surface area contributed by atoms with Crippen molar-refractivity contribution in [2.24, 2.45) is 5.41 Å². The second kappa shape index (κ2) is 10.7. The van der Waals surface area contributed by atoms with E-state index in [2.05, 4.69) is 5.10 Å². The summed E-state index contributed by atoms with van der Waals surface area (Å²) in [5, 5.41) is 11.3. The molecule has 2 aliphatic heterocycles. The fourth-order valence-corrected chi connectivity index (χ4v) is 4.72. The SMILES string of the molecule is CC(=O)c1c(C)nn(CCC(=O)N2CCC3(CC2)CC(CN(C)C)OC3=O)c1C.O=CO. The molecule has 1 spiro atoms. The van der Waals surface area contributed by atoms with Crippen LogP contribution in [0.5, 0.6) is 0 Å². The van der Waals surface area contributed by atoms with Crippen LogP contribution in [0, 0.1) is 19.3 Å². The predicted octanol–water partition coefficient (Wildman–Crippen LogP) is 1.28. The molecule has 10 nitrogen and oxygen atoms in total. The number of nitrogens with zero attached hydrogens (tertiary/aromatic N) is 4. The third-order valence-corrected chi connectivity index (χ3v) is 6.24. The fourth-order valence-electron chi connectivity index (χ4n) is 4.72. The Morgan fingerprint density at radius 2 is 1.88 bits per heavy atom. The Hall–Kier alpha value is -2.75. The number of likely N-dealkylation sites (N-methyl/N-ethyl adjacent to an activating group) is 1. The van der Waals surface area contributed by atoms with E-state index in [1.54, 1.807) is 4.68 Å². The molecule has 0 aliphatic carbocycles. The largest absolute Gasteiger partial charge is 0.483 e. The zero-order valence-electron chi connectivity index (χ0n) is 19.6. The smallest absolute Gasteiger partial charge is 0.312 e. The van der Waals surface area contributed by atoms with Crippen LogP contribution in [-0.4, -0.2) is 88.7 Å². The summed E-state index contributed by atoms with van der Waals surface area (Å²) >= 11 is 0. The molecular weight excluding hydrogens is 416 g/mol. The Balaban J connectivity index is 0.00000114. The van der Waals surface area contributed by atoms with E-state index in [0.717, 1.165) is 18.7 Å². The minimum atomic E-state index is -0.427. The summed E-state index contributed by atoms with van der Waals surface area (Å²) in [6.45, 7) is 7.32. The summed E-state index contributed by atoms with van der Waals surface area (Å²) in [5.41, 5.74) is 1.73. The molecule has 32 heavy (non-hydrogen) atoms. The minimum Gasteiger partial charge on any atom is -0.483 e. The van der Waals surface area contributed by atoms with Crippen LogP contribution in [0.25, 0.3) is 0 Å². The Morgan fingerprint density at radius 3 is 2.38 bits per heavy atom. The molecule has 10 heteroatoms. The highest BCUT2D eigenvalue weighted by molar-refractivity contribution is 5.96. The highest BCUT2D eigenvalue weighted by atomic mass is 16.6. The maximum Gasteiger partial charge on any atom is 0.312 e. The van der Waals surface area contributed by atoms with Gasteiger partial charge in [0.2, 0.25) is 5.91 Å². The summed E-state index contributed by atoms with van der Waals surface area (Å²) < 4.78 is 7.33. The van der Waals surface area contributed by atoms with E-state index in [-0.39, 0.29) is 30.2 Å². The standard InChI is InChI=1S/C21H32N4O4.CH2O2/c1-14-19(16(3)26)15(2)25(22-14)9-6-18(27)24-10-7-21(8-11-24)12-17(13-23(4)5)29-20(21)28;2-1-3/h17H,6-13H2,1-5H3;1H,(H,2,3). The van der Waals surface area contributed by atoms with Gasteiger partial charge in [0.05, 0.1) is 16.7 Å². The van der Waals surface area contributed by atoms with Crippen LogP contribution in [0.3, 0.4) is 0 Å². The number of aromatic nitrogens is 2. The molecule has 1 unspecified atom stereocenters. The van der Waals surface area contributed by atoms with Gasteiger partial charge in [-0.15, -0.1) is 0 Å². The number of amides is 1. The molecule has 0 radical (unpaired) electrons. The van der Waals surface area contributed by atoms with Crippen molar-refractivity contribution in [2.75, 3.05) is 33.7 Å². The number of aryl methyl sites for hydroxylation is 2. The molecule has 178 valence electrons. The number of carbonyl (C=O) groups is 4. The number of Topliss-reactive ketones (excluding diaryl/α,β-unsaturated/α-hetero) is 1. The molecule has 1 aromatic rings. The van der Waals surface area contributed by atoms with Crippen LogP contribution < -0.4 is 0 Å². The van der Waals surface area contributed by atoms with E-state index in [0.29, 0.717) is 50.2 Å². The second-order valence-electron chi connectivity index (χ2n) is 8.84. The number of esters is 1.